The number of nitrogens with one attached hydrogen (secondary N) is 2. The maximum Gasteiger partial charge on any atom is 0.338 e. The Morgan fingerprint density at radius 3 is 2.07 bits per heavy atom. The third-order valence-electron chi connectivity index (χ3n) is 5.00. The zero-order valence-electron chi connectivity index (χ0n) is 16.7. The number of esters is 1. The Morgan fingerprint density at radius 1 is 0.867 bits per heavy atom. The summed E-state index contributed by atoms with van der Waals surface area (Å²) in [5, 5.41) is 4.93. The molecule has 0 aromatic heterocycles. The lowest BCUT2D eigenvalue weighted by Crippen LogP contribution is -2.47. The van der Waals surface area contributed by atoms with E-state index in [-0.39, 0.29) is 17.4 Å². The average molecular weight is 408 g/mol. The van der Waals surface area contributed by atoms with E-state index in [1.54, 1.807) is 24.3 Å². The van der Waals surface area contributed by atoms with Gasteiger partial charge in [-0.1, -0.05) is 55.3 Å². The second kappa shape index (κ2) is 9.82. The van der Waals surface area contributed by atoms with Gasteiger partial charge in [-0.2, -0.15) is 0 Å². The third kappa shape index (κ3) is 5.53. The fourth-order valence-corrected chi connectivity index (χ4v) is 3.30. The molecule has 30 heavy (non-hydrogen) atoms. The summed E-state index contributed by atoms with van der Waals surface area (Å²) in [7, 11) is 0. The van der Waals surface area contributed by atoms with Crippen molar-refractivity contribution < 1.29 is 23.9 Å². The molecule has 1 aliphatic carbocycles. The van der Waals surface area contributed by atoms with Crippen molar-refractivity contribution in [3.63, 3.8) is 0 Å². The summed E-state index contributed by atoms with van der Waals surface area (Å²) in [5.41, 5.74) is 1.19. The van der Waals surface area contributed by atoms with E-state index in [1.807, 2.05) is 6.07 Å². The van der Waals surface area contributed by atoms with Crippen LogP contribution in [0.4, 0.5) is 4.79 Å². The van der Waals surface area contributed by atoms with Crippen LogP contribution in [-0.4, -0.2) is 35.8 Å². The topological polar surface area (TPSA) is 102 Å². The van der Waals surface area contributed by atoms with Crippen LogP contribution in [0.3, 0.4) is 0 Å². The third-order valence-corrected chi connectivity index (χ3v) is 5.00. The van der Waals surface area contributed by atoms with Crippen LogP contribution in [0.25, 0.3) is 0 Å². The quantitative estimate of drug-likeness (QED) is 0.564. The average Bonchev–Trinajstić information content (AvgIpc) is 3.26. The highest BCUT2D eigenvalue weighted by Gasteiger charge is 2.23. The Hall–Kier alpha value is -3.48. The number of ketones is 1. The maximum absolute atomic E-state index is 12.4. The number of ether oxygens (including phenoxy) is 1. The summed E-state index contributed by atoms with van der Waals surface area (Å²) >= 11 is 0. The molecule has 2 aromatic rings. The fraction of sp³-hybridized carbons (Fsp3) is 0.304. The first-order valence-electron chi connectivity index (χ1n) is 9.96. The molecule has 2 N–H and O–H groups in total. The molecule has 7 nitrogen and oxygen atoms in total. The van der Waals surface area contributed by atoms with Crippen LogP contribution >= 0.6 is 0 Å². The van der Waals surface area contributed by atoms with Crippen molar-refractivity contribution in [3.8, 4) is 0 Å². The number of hydrogen-bond acceptors (Lipinski definition) is 5. The van der Waals surface area contributed by atoms with E-state index >= 15 is 0 Å². The minimum Gasteiger partial charge on any atom is -0.449 e. The summed E-state index contributed by atoms with van der Waals surface area (Å²) in [5.74, 6) is -1.57. The summed E-state index contributed by atoms with van der Waals surface area (Å²) in [6.07, 6.45) is 2.77. The van der Waals surface area contributed by atoms with Gasteiger partial charge in [0.05, 0.1) is 5.56 Å². The van der Waals surface area contributed by atoms with E-state index in [4.69, 9.17) is 4.74 Å². The van der Waals surface area contributed by atoms with E-state index in [9.17, 15) is 19.2 Å². The smallest absolute Gasteiger partial charge is 0.338 e. The first-order valence-corrected chi connectivity index (χ1v) is 9.96. The lowest BCUT2D eigenvalue weighted by atomic mass is 10.0. The van der Waals surface area contributed by atoms with Gasteiger partial charge in [-0.25, -0.2) is 9.59 Å². The maximum atomic E-state index is 12.4. The van der Waals surface area contributed by atoms with Crippen molar-refractivity contribution in [2.45, 2.75) is 44.8 Å². The van der Waals surface area contributed by atoms with E-state index in [1.165, 1.54) is 31.2 Å². The Labute approximate surface area is 174 Å². The predicted octanol–water partition coefficient (Wildman–Crippen LogP) is 3.23. The van der Waals surface area contributed by atoms with Crippen LogP contribution < -0.4 is 10.6 Å². The SMILES string of the molecule is C[C@H](OC(=O)c1ccc(C(=O)c2ccccc2)cc1)C(=O)NC(=O)NC1CCCC1. The molecule has 0 spiro atoms. The van der Waals surface area contributed by atoms with Crippen LogP contribution in [-0.2, 0) is 9.53 Å². The van der Waals surface area contributed by atoms with Crippen molar-refractivity contribution in [2.75, 3.05) is 0 Å². The summed E-state index contributed by atoms with van der Waals surface area (Å²) in [4.78, 5) is 48.7. The van der Waals surface area contributed by atoms with E-state index in [2.05, 4.69) is 10.6 Å². The van der Waals surface area contributed by atoms with Crippen LogP contribution in [0.1, 0.15) is 58.9 Å². The molecular weight excluding hydrogens is 384 g/mol. The molecule has 7 heteroatoms. The second-order valence-electron chi connectivity index (χ2n) is 7.26. The summed E-state index contributed by atoms with van der Waals surface area (Å²) < 4.78 is 5.14. The molecular formula is C23H24N2O5. The molecule has 3 amide bonds. The monoisotopic (exact) mass is 408 g/mol. The van der Waals surface area contributed by atoms with Crippen molar-refractivity contribution in [2.24, 2.45) is 0 Å². The molecule has 0 radical (unpaired) electrons. The zero-order valence-corrected chi connectivity index (χ0v) is 16.7. The zero-order chi connectivity index (χ0) is 21.5. The van der Waals surface area contributed by atoms with Gasteiger partial charge in [-0.15, -0.1) is 0 Å². The normalized spacial score (nSPS) is 14.6. The number of rotatable bonds is 6. The largest absolute Gasteiger partial charge is 0.449 e. The van der Waals surface area contributed by atoms with Gasteiger partial charge in [-0.3, -0.25) is 14.9 Å². The van der Waals surface area contributed by atoms with Gasteiger partial charge in [0.1, 0.15) is 0 Å². The van der Waals surface area contributed by atoms with Gasteiger partial charge < -0.3 is 10.1 Å². The first kappa shape index (κ1) is 21.2. The Bertz CT molecular complexity index is 918. The molecule has 1 saturated carbocycles. The van der Waals surface area contributed by atoms with Crippen molar-refractivity contribution in [1.29, 1.82) is 0 Å². The van der Waals surface area contributed by atoms with E-state index < -0.39 is 24.0 Å². The van der Waals surface area contributed by atoms with Crippen molar-refractivity contribution in [3.05, 3.63) is 71.3 Å². The number of urea groups is 1. The van der Waals surface area contributed by atoms with Crippen molar-refractivity contribution in [1.82, 2.24) is 10.6 Å². The van der Waals surface area contributed by atoms with Crippen LogP contribution in [0, 0.1) is 0 Å². The van der Waals surface area contributed by atoms with Crippen LogP contribution in [0.2, 0.25) is 0 Å². The molecule has 0 bridgehead atoms. The van der Waals surface area contributed by atoms with Gasteiger partial charge in [-0.05, 0) is 31.9 Å². The highest BCUT2D eigenvalue weighted by Crippen LogP contribution is 2.17. The summed E-state index contributed by atoms with van der Waals surface area (Å²) in [6, 6.07) is 14.3. The van der Waals surface area contributed by atoms with Crippen molar-refractivity contribution >= 4 is 23.7 Å². The van der Waals surface area contributed by atoms with Gasteiger partial charge in [0.25, 0.3) is 5.91 Å². The molecule has 1 atom stereocenters. The number of benzene rings is 2. The molecule has 1 fully saturated rings. The number of carbonyl (C=O) groups excluding carboxylic acids is 4. The molecule has 0 heterocycles. The van der Waals surface area contributed by atoms with Crippen LogP contribution in [0.5, 0.6) is 0 Å². The molecule has 156 valence electrons. The molecule has 2 aromatic carbocycles. The number of hydrogen-bond donors (Lipinski definition) is 2. The van der Waals surface area contributed by atoms with Gasteiger partial charge in [0, 0.05) is 17.2 Å². The molecule has 0 saturated heterocycles. The second-order valence-corrected chi connectivity index (χ2v) is 7.26. The molecule has 3 rings (SSSR count). The van der Waals surface area contributed by atoms with Gasteiger partial charge in [0.2, 0.25) is 0 Å². The molecule has 0 unspecified atom stereocenters. The van der Waals surface area contributed by atoms with Gasteiger partial charge >= 0.3 is 12.0 Å². The predicted molar refractivity (Wildman–Crippen MR) is 110 cm³/mol. The highest BCUT2D eigenvalue weighted by molar-refractivity contribution is 6.09. The summed E-state index contributed by atoms with van der Waals surface area (Å²) in [6.45, 7) is 1.39. The molecule has 1 aliphatic rings. The van der Waals surface area contributed by atoms with E-state index in [0.29, 0.717) is 11.1 Å². The van der Waals surface area contributed by atoms with Gasteiger partial charge in [0.15, 0.2) is 11.9 Å². The Balaban J connectivity index is 1.52. The lowest BCUT2D eigenvalue weighted by molar-refractivity contribution is -0.127. The fourth-order valence-electron chi connectivity index (χ4n) is 3.30. The Kier molecular flexibility index (Phi) is 6.95. The number of imide groups is 1. The minimum absolute atomic E-state index is 0.0766. The van der Waals surface area contributed by atoms with Crippen LogP contribution in [0.15, 0.2) is 54.6 Å². The first-order chi connectivity index (χ1) is 14.4. The Morgan fingerprint density at radius 2 is 1.43 bits per heavy atom. The van der Waals surface area contributed by atoms with E-state index in [0.717, 1.165) is 25.7 Å². The highest BCUT2D eigenvalue weighted by atomic mass is 16.5. The number of carbonyl (C=O) groups is 4. The molecule has 0 aliphatic heterocycles. The lowest BCUT2D eigenvalue weighted by Gasteiger charge is -2.15. The number of amides is 3. The minimum atomic E-state index is -1.14. The standard InChI is InChI=1S/C23H24N2O5/c1-15(21(27)25-23(29)24-19-9-5-6-10-19)30-22(28)18-13-11-17(12-14-18)20(26)16-7-3-2-4-8-16/h2-4,7-8,11-15,19H,5-6,9-10H2,1H3,(H2,24,25,27,29)/t15-/m0/s1.